The minimum absolute atomic E-state index is 0.346. The average Bonchev–Trinajstić information content (AvgIpc) is 2.49. The number of aromatic nitrogens is 1. The molecule has 0 bridgehead atoms. The van der Waals surface area contributed by atoms with Crippen LogP contribution in [0.1, 0.15) is 35.3 Å². The van der Waals surface area contributed by atoms with Crippen molar-refractivity contribution in [2.45, 2.75) is 31.8 Å². The van der Waals surface area contributed by atoms with Gasteiger partial charge in [0.2, 0.25) is 0 Å². The molecule has 0 spiro atoms. The van der Waals surface area contributed by atoms with Crippen molar-refractivity contribution in [2.75, 3.05) is 27.2 Å². The molecule has 2 heterocycles. The van der Waals surface area contributed by atoms with Gasteiger partial charge in [-0.25, -0.2) is 4.79 Å². The van der Waals surface area contributed by atoms with Gasteiger partial charge < -0.3 is 15.0 Å². The number of hydrogen-bond acceptors (Lipinski definition) is 5. The number of rotatable bonds is 5. The zero-order chi connectivity index (χ0) is 14.4. The number of likely N-dealkylation sites (tertiary alicyclic amines) is 1. The highest BCUT2D eigenvalue weighted by Gasteiger charge is 2.17. The normalized spacial score (nSPS) is 19.8. The monoisotopic (exact) mass is 277 g/mol. The van der Waals surface area contributed by atoms with E-state index in [9.17, 15) is 4.79 Å². The van der Waals surface area contributed by atoms with Crippen molar-refractivity contribution in [1.82, 2.24) is 15.2 Å². The third kappa shape index (κ3) is 4.02. The van der Waals surface area contributed by atoms with Crippen molar-refractivity contribution in [3.05, 3.63) is 29.6 Å². The van der Waals surface area contributed by atoms with Crippen molar-refractivity contribution in [2.24, 2.45) is 0 Å². The van der Waals surface area contributed by atoms with Gasteiger partial charge in [-0.2, -0.15) is 0 Å². The Morgan fingerprint density at radius 1 is 1.50 bits per heavy atom. The van der Waals surface area contributed by atoms with Crippen LogP contribution >= 0.6 is 0 Å². The van der Waals surface area contributed by atoms with E-state index in [2.05, 4.69) is 27.0 Å². The van der Waals surface area contributed by atoms with Gasteiger partial charge >= 0.3 is 5.97 Å². The number of nitrogens with one attached hydrogen (secondary N) is 1. The van der Waals surface area contributed by atoms with E-state index in [0.717, 1.165) is 18.8 Å². The van der Waals surface area contributed by atoms with Crippen LogP contribution in [0.2, 0.25) is 0 Å². The van der Waals surface area contributed by atoms with Crippen LogP contribution in [0.3, 0.4) is 0 Å². The Hall–Kier alpha value is -1.46. The van der Waals surface area contributed by atoms with Crippen LogP contribution in [0.4, 0.5) is 0 Å². The third-order valence-electron chi connectivity index (χ3n) is 3.85. The van der Waals surface area contributed by atoms with E-state index >= 15 is 0 Å². The summed E-state index contributed by atoms with van der Waals surface area (Å²) in [5, 5.41) is 3.44. The number of nitrogens with zero attached hydrogens (tertiary/aromatic N) is 2. The van der Waals surface area contributed by atoms with Crippen LogP contribution in [0.25, 0.3) is 0 Å². The lowest BCUT2D eigenvalue weighted by Crippen LogP contribution is -2.42. The molecule has 0 amide bonds. The molecule has 20 heavy (non-hydrogen) atoms. The molecular formula is C15H23N3O2. The second-order valence-electron chi connectivity index (χ2n) is 5.29. The van der Waals surface area contributed by atoms with Gasteiger partial charge in [-0.3, -0.25) is 4.98 Å². The molecular weight excluding hydrogens is 254 g/mol. The molecule has 1 aliphatic heterocycles. The summed E-state index contributed by atoms with van der Waals surface area (Å²) in [6.45, 7) is 2.90. The van der Waals surface area contributed by atoms with E-state index in [-0.39, 0.29) is 5.97 Å². The Balaban J connectivity index is 1.77. The fourth-order valence-corrected chi connectivity index (χ4v) is 2.54. The van der Waals surface area contributed by atoms with Gasteiger partial charge in [-0.15, -0.1) is 0 Å². The lowest BCUT2D eigenvalue weighted by atomic mass is 10.0. The maximum absolute atomic E-state index is 11.3. The zero-order valence-electron chi connectivity index (χ0n) is 12.3. The van der Waals surface area contributed by atoms with E-state index < -0.39 is 0 Å². The molecule has 0 saturated carbocycles. The molecule has 5 nitrogen and oxygen atoms in total. The SMILES string of the molecule is COC(=O)c1ccc(CNCC2CCCCN2C)nc1. The van der Waals surface area contributed by atoms with E-state index in [1.165, 1.54) is 32.9 Å². The fourth-order valence-electron chi connectivity index (χ4n) is 2.54. The quantitative estimate of drug-likeness (QED) is 0.825. The lowest BCUT2D eigenvalue weighted by Gasteiger charge is -2.32. The molecule has 0 aromatic carbocycles. The van der Waals surface area contributed by atoms with E-state index in [4.69, 9.17) is 0 Å². The number of likely N-dealkylation sites (N-methyl/N-ethyl adjacent to an activating group) is 1. The van der Waals surface area contributed by atoms with Gasteiger partial charge in [-0.1, -0.05) is 6.42 Å². The van der Waals surface area contributed by atoms with Crippen LogP contribution in [0, 0.1) is 0 Å². The highest BCUT2D eigenvalue weighted by molar-refractivity contribution is 5.88. The smallest absolute Gasteiger partial charge is 0.339 e. The number of esters is 1. The first kappa shape index (κ1) is 14.9. The Bertz CT molecular complexity index is 433. The Morgan fingerprint density at radius 2 is 2.35 bits per heavy atom. The summed E-state index contributed by atoms with van der Waals surface area (Å²) in [6, 6.07) is 4.24. The van der Waals surface area contributed by atoms with Crippen LogP contribution in [0.5, 0.6) is 0 Å². The summed E-state index contributed by atoms with van der Waals surface area (Å²) >= 11 is 0. The molecule has 1 N–H and O–H groups in total. The fraction of sp³-hybridized carbons (Fsp3) is 0.600. The summed E-state index contributed by atoms with van der Waals surface area (Å²) in [7, 11) is 3.56. The second kappa shape index (κ2) is 7.36. The lowest BCUT2D eigenvalue weighted by molar-refractivity contribution is 0.0600. The van der Waals surface area contributed by atoms with E-state index in [0.29, 0.717) is 11.6 Å². The number of piperidine rings is 1. The van der Waals surface area contributed by atoms with Gasteiger partial charge in [0.15, 0.2) is 0 Å². The molecule has 1 fully saturated rings. The molecule has 1 aliphatic rings. The number of carbonyl (C=O) groups excluding carboxylic acids is 1. The van der Waals surface area contributed by atoms with Gasteiger partial charge in [0, 0.05) is 25.3 Å². The highest BCUT2D eigenvalue weighted by Crippen LogP contribution is 2.14. The number of ether oxygens (including phenoxy) is 1. The minimum Gasteiger partial charge on any atom is -0.465 e. The summed E-state index contributed by atoms with van der Waals surface area (Å²) in [5.41, 5.74) is 1.43. The predicted octanol–water partition coefficient (Wildman–Crippen LogP) is 1.44. The molecule has 1 atom stereocenters. The average molecular weight is 277 g/mol. The Labute approximate surface area is 120 Å². The largest absolute Gasteiger partial charge is 0.465 e. The van der Waals surface area contributed by atoms with Gasteiger partial charge in [-0.05, 0) is 38.6 Å². The first-order valence-electron chi connectivity index (χ1n) is 7.15. The highest BCUT2D eigenvalue weighted by atomic mass is 16.5. The second-order valence-corrected chi connectivity index (χ2v) is 5.29. The van der Waals surface area contributed by atoms with Crippen LogP contribution < -0.4 is 5.32 Å². The van der Waals surface area contributed by atoms with Gasteiger partial charge in [0.25, 0.3) is 0 Å². The number of carbonyl (C=O) groups is 1. The summed E-state index contributed by atoms with van der Waals surface area (Å²) in [6.07, 6.45) is 5.46. The maximum atomic E-state index is 11.3. The summed E-state index contributed by atoms with van der Waals surface area (Å²) in [5.74, 6) is -0.346. The van der Waals surface area contributed by atoms with Crippen molar-refractivity contribution in [1.29, 1.82) is 0 Å². The molecule has 1 unspecified atom stereocenters. The van der Waals surface area contributed by atoms with Crippen LogP contribution in [-0.4, -0.2) is 49.1 Å². The van der Waals surface area contributed by atoms with Gasteiger partial charge in [0.05, 0.1) is 18.4 Å². The first-order valence-corrected chi connectivity index (χ1v) is 7.15. The predicted molar refractivity (Wildman–Crippen MR) is 77.6 cm³/mol. The molecule has 1 saturated heterocycles. The Morgan fingerprint density at radius 3 is 3.00 bits per heavy atom. The van der Waals surface area contributed by atoms with E-state index in [1.54, 1.807) is 12.3 Å². The first-order chi connectivity index (χ1) is 9.70. The van der Waals surface area contributed by atoms with Crippen LogP contribution in [0.15, 0.2) is 18.3 Å². The summed E-state index contributed by atoms with van der Waals surface area (Å²) in [4.78, 5) is 18.0. The molecule has 1 aromatic rings. The topological polar surface area (TPSA) is 54.5 Å². The molecule has 5 heteroatoms. The van der Waals surface area contributed by atoms with Crippen molar-refractivity contribution in [3.63, 3.8) is 0 Å². The summed E-state index contributed by atoms with van der Waals surface area (Å²) < 4.78 is 4.65. The number of pyridine rings is 1. The zero-order valence-corrected chi connectivity index (χ0v) is 12.3. The maximum Gasteiger partial charge on any atom is 0.339 e. The standard InChI is InChI=1S/C15H23N3O2/c1-18-8-4-3-5-14(18)11-16-10-13-7-6-12(9-17-13)15(19)20-2/h6-7,9,14,16H,3-5,8,10-11H2,1-2H3. The molecule has 0 aliphatic carbocycles. The Kier molecular flexibility index (Phi) is 5.49. The minimum atomic E-state index is -0.346. The van der Waals surface area contributed by atoms with Crippen molar-refractivity contribution in [3.8, 4) is 0 Å². The third-order valence-corrected chi connectivity index (χ3v) is 3.85. The number of methoxy groups -OCH3 is 1. The van der Waals surface area contributed by atoms with Crippen molar-refractivity contribution >= 4 is 5.97 Å². The molecule has 1 aromatic heterocycles. The molecule has 110 valence electrons. The van der Waals surface area contributed by atoms with Gasteiger partial charge in [0.1, 0.15) is 0 Å². The van der Waals surface area contributed by atoms with Crippen LogP contribution in [-0.2, 0) is 11.3 Å². The number of hydrogen-bond donors (Lipinski definition) is 1. The van der Waals surface area contributed by atoms with Crippen molar-refractivity contribution < 1.29 is 9.53 Å². The molecule has 2 rings (SSSR count). The van der Waals surface area contributed by atoms with E-state index in [1.807, 2.05) is 6.07 Å². The molecule has 0 radical (unpaired) electrons.